The van der Waals surface area contributed by atoms with E-state index in [1.54, 1.807) is 9.80 Å². The Morgan fingerprint density at radius 2 is 1.88 bits per heavy atom. The molecule has 1 unspecified atom stereocenters. The lowest BCUT2D eigenvalue weighted by Gasteiger charge is -2.30. The number of piperidine rings is 1. The molecule has 0 aromatic rings. The van der Waals surface area contributed by atoms with Crippen LogP contribution in [-0.4, -0.2) is 82.3 Å². The molecule has 3 amide bonds. The first-order chi connectivity index (χ1) is 11.9. The van der Waals surface area contributed by atoms with Crippen molar-refractivity contribution in [1.29, 1.82) is 0 Å². The molecule has 140 valence electrons. The van der Waals surface area contributed by atoms with E-state index >= 15 is 0 Å². The van der Waals surface area contributed by atoms with Gasteiger partial charge in [0.15, 0.2) is 0 Å². The van der Waals surface area contributed by atoms with Gasteiger partial charge >= 0.3 is 5.97 Å². The Morgan fingerprint density at radius 1 is 1.12 bits per heavy atom. The van der Waals surface area contributed by atoms with Crippen LogP contribution in [0.3, 0.4) is 0 Å². The highest BCUT2D eigenvalue weighted by Crippen LogP contribution is 2.18. The Morgan fingerprint density at radius 3 is 2.52 bits per heavy atom. The maximum absolute atomic E-state index is 12.5. The molecule has 0 spiro atoms. The molecule has 2 aliphatic heterocycles. The molecule has 8 heteroatoms. The second kappa shape index (κ2) is 8.82. The number of aliphatic carboxylic acids is 1. The summed E-state index contributed by atoms with van der Waals surface area (Å²) in [5.74, 6) is -1.32. The van der Waals surface area contributed by atoms with Crippen molar-refractivity contribution in [2.45, 2.75) is 51.5 Å². The van der Waals surface area contributed by atoms with E-state index in [4.69, 9.17) is 5.11 Å². The fourth-order valence-corrected chi connectivity index (χ4v) is 3.58. The number of carbonyl (C=O) groups is 4. The number of carbonyl (C=O) groups excluding carboxylic acids is 3. The summed E-state index contributed by atoms with van der Waals surface area (Å²) >= 11 is 0. The molecule has 0 bridgehead atoms. The van der Waals surface area contributed by atoms with E-state index in [-0.39, 0.29) is 36.9 Å². The normalized spacial score (nSPS) is 21.6. The largest absolute Gasteiger partial charge is 0.480 e. The molecule has 1 atom stereocenters. The first kappa shape index (κ1) is 19.2. The lowest BCUT2D eigenvalue weighted by atomic mass is 10.1. The third kappa shape index (κ3) is 5.44. The molecule has 2 rings (SSSR count). The van der Waals surface area contributed by atoms with Gasteiger partial charge in [-0.25, -0.2) is 0 Å². The van der Waals surface area contributed by atoms with Gasteiger partial charge in [-0.05, 0) is 32.1 Å². The van der Waals surface area contributed by atoms with Crippen LogP contribution in [0, 0.1) is 0 Å². The summed E-state index contributed by atoms with van der Waals surface area (Å²) in [4.78, 5) is 51.8. The molecule has 0 radical (unpaired) electrons. The summed E-state index contributed by atoms with van der Waals surface area (Å²) in [7, 11) is 0. The van der Waals surface area contributed by atoms with Gasteiger partial charge in [-0.1, -0.05) is 0 Å². The Balaban J connectivity index is 1.91. The summed E-state index contributed by atoms with van der Waals surface area (Å²) in [6.07, 6.45) is 4.29. The zero-order valence-corrected chi connectivity index (χ0v) is 14.8. The van der Waals surface area contributed by atoms with Crippen molar-refractivity contribution in [1.82, 2.24) is 14.7 Å². The molecule has 2 aliphatic rings. The van der Waals surface area contributed by atoms with Crippen LogP contribution < -0.4 is 0 Å². The van der Waals surface area contributed by atoms with Crippen LogP contribution in [0.15, 0.2) is 0 Å². The molecule has 0 aliphatic carbocycles. The lowest BCUT2D eigenvalue weighted by molar-refractivity contribution is -0.145. The van der Waals surface area contributed by atoms with Crippen LogP contribution in [0.2, 0.25) is 0 Å². The van der Waals surface area contributed by atoms with Crippen LogP contribution in [0.4, 0.5) is 0 Å². The predicted octanol–water partition coefficient (Wildman–Crippen LogP) is 0.313. The molecule has 25 heavy (non-hydrogen) atoms. The summed E-state index contributed by atoms with van der Waals surface area (Å²) < 4.78 is 0. The summed E-state index contributed by atoms with van der Waals surface area (Å²) in [6.45, 7) is 2.88. The standard InChI is InChI=1S/C17H27N3O5/c1-13(21)20(12-17(24)25)14-5-4-9-18(10-7-14)16(23)11-19-8-3-2-6-15(19)22/h14H,2-12H2,1H3,(H,24,25). The number of amides is 3. The Kier molecular flexibility index (Phi) is 6.78. The van der Waals surface area contributed by atoms with Gasteiger partial charge in [-0.3, -0.25) is 19.2 Å². The van der Waals surface area contributed by atoms with E-state index in [1.165, 1.54) is 11.8 Å². The van der Waals surface area contributed by atoms with Gasteiger partial charge in [-0.15, -0.1) is 0 Å². The van der Waals surface area contributed by atoms with Gasteiger partial charge in [0.1, 0.15) is 6.54 Å². The second-order valence-electron chi connectivity index (χ2n) is 6.78. The average Bonchev–Trinajstić information content (AvgIpc) is 2.80. The van der Waals surface area contributed by atoms with Crippen LogP contribution in [-0.2, 0) is 19.2 Å². The van der Waals surface area contributed by atoms with E-state index in [0.29, 0.717) is 45.3 Å². The number of rotatable bonds is 5. The van der Waals surface area contributed by atoms with Crippen molar-refractivity contribution < 1.29 is 24.3 Å². The van der Waals surface area contributed by atoms with E-state index < -0.39 is 5.97 Å². The van der Waals surface area contributed by atoms with E-state index in [2.05, 4.69) is 0 Å². The minimum absolute atomic E-state index is 0.0384. The zero-order valence-electron chi connectivity index (χ0n) is 14.8. The molecule has 8 nitrogen and oxygen atoms in total. The number of likely N-dealkylation sites (tertiary alicyclic amines) is 2. The Hall–Kier alpha value is -2.12. The number of carboxylic acids is 1. The average molecular weight is 353 g/mol. The van der Waals surface area contributed by atoms with Crippen molar-refractivity contribution in [2.24, 2.45) is 0 Å². The van der Waals surface area contributed by atoms with E-state index in [0.717, 1.165) is 12.8 Å². The zero-order chi connectivity index (χ0) is 18.4. The fourth-order valence-electron chi connectivity index (χ4n) is 3.58. The van der Waals surface area contributed by atoms with E-state index in [9.17, 15) is 19.2 Å². The van der Waals surface area contributed by atoms with Crippen molar-refractivity contribution >= 4 is 23.7 Å². The van der Waals surface area contributed by atoms with Gasteiger partial charge in [0.2, 0.25) is 17.7 Å². The molecule has 0 saturated carbocycles. The lowest BCUT2D eigenvalue weighted by Crippen LogP contribution is -2.45. The van der Waals surface area contributed by atoms with Crippen molar-refractivity contribution in [3.63, 3.8) is 0 Å². The fraction of sp³-hybridized carbons (Fsp3) is 0.765. The maximum atomic E-state index is 12.5. The first-order valence-electron chi connectivity index (χ1n) is 8.93. The summed E-state index contributed by atoms with van der Waals surface area (Å²) in [5, 5.41) is 8.99. The third-order valence-corrected chi connectivity index (χ3v) is 4.95. The third-order valence-electron chi connectivity index (χ3n) is 4.95. The number of carboxylic acid groups (broad SMARTS) is 1. The SMILES string of the molecule is CC(=O)N(CC(=O)O)C1CCCN(C(=O)CN2CCCCC2=O)CC1. The molecular weight excluding hydrogens is 326 g/mol. The minimum Gasteiger partial charge on any atom is -0.480 e. The van der Waals surface area contributed by atoms with Gasteiger partial charge in [0.05, 0.1) is 6.54 Å². The van der Waals surface area contributed by atoms with Crippen LogP contribution in [0.1, 0.15) is 45.4 Å². The van der Waals surface area contributed by atoms with Gasteiger partial charge in [0, 0.05) is 39.0 Å². The molecule has 2 fully saturated rings. The Labute approximate surface area is 147 Å². The van der Waals surface area contributed by atoms with Crippen molar-refractivity contribution in [3.8, 4) is 0 Å². The van der Waals surface area contributed by atoms with Crippen molar-refractivity contribution in [3.05, 3.63) is 0 Å². The van der Waals surface area contributed by atoms with Gasteiger partial charge in [-0.2, -0.15) is 0 Å². The quantitative estimate of drug-likeness (QED) is 0.767. The van der Waals surface area contributed by atoms with Gasteiger partial charge < -0.3 is 19.8 Å². The monoisotopic (exact) mass is 353 g/mol. The highest BCUT2D eigenvalue weighted by molar-refractivity contribution is 5.85. The molecule has 2 heterocycles. The van der Waals surface area contributed by atoms with Crippen LogP contribution >= 0.6 is 0 Å². The first-order valence-corrected chi connectivity index (χ1v) is 8.93. The minimum atomic E-state index is -1.03. The molecule has 0 aromatic heterocycles. The smallest absolute Gasteiger partial charge is 0.323 e. The second-order valence-corrected chi connectivity index (χ2v) is 6.78. The number of hydrogen-bond donors (Lipinski definition) is 1. The van der Waals surface area contributed by atoms with Gasteiger partial charge in [0.25, 0.3) is 0 Å². The molecule has 0 aromatic carbocycles. The predicted molar refractivity (Wildman–Crippen MR) is 89.7 cm³/mol. The van der Waals surface area contributed by atoms with Crippen LogP contribution in [0.5, 0.6) is 0 Å². The molecule has 1 N–H and O–H groups in total. The number of nitrogens with zero attached hydrogens (tertiary/aromatic N) is 3. The highest BCUT2D eigenvalue weighted by Gasteiger charge is 2.29. The highest BCUT2D eigenvalue weighted by atomic mass is 16.4. The Bertz CT molecular complexity index is 536. The summed E-state index contributed by atoms with van der Waals surface area (Å²) in [6, 6.07) is -0.164. The summed E-state index contributed by atoms with van der Waals surface area (Å²) in [5.41, 5.74) is 0. The van der Waals surface area contributed by atoms with E-state index in [1.807, 2.05) is 0 Å². The van der Waals surface area contributed by atoms with Crippen LogP contribution in [0.25, 0.3) is 0 Å². The maximum Gasteiger partial charge on any atom is 0.323 e. The molecule has 2 saturated heterocycles. The molecular formula is C17H27N3O5. The van der Waals surface area contributed by atoms with Crippen molar-refractivity contribution in [2.75, 3.05) is 32.7 Å². The topological polar surface area (TPSA) is 98.2 Å². The number of hydrogen-bond acceptors (Lipinski definition) is 4.